The summed E-state index contributed by atoms with van der Waals surface area (Å²) in [6.45, 7) is 5.14. The van der Waals surface area contributed by atoms with Crippen LogP contribution < -0.4 is 5.32 Å². The van der Waals surface area contributed by atoms with Gasteiger partial charge in [0.1, 0.15) is 5.00 Å². The van der Waals surface area contributed by atoms with E-state index in [1.807, 2.05) is 24.3 Å². The predicted molar refractivity (Wildman–Crippen MR) is 103 cm³/mol. The molecule has 0 spiro atoms. The van der Waals surface area contributed by atoms with E-state index in [-0.39, 0.29) is 17.5 Å². The topological polar surface area (TPSA) is 81.2 Å². The number of carbonyl (C=O) groups excluding carboxylic acids is 2. The van der Waals surface area contributed by atoms with Crippen molar-refractivity contribution in [2.24, 2.45) is 0 Å². The summed E-state index contributed by atoms with van der Waals surface area (Å²) < 4.78 is 5.13. The number of fused-ring (bicyclic) bond motifs is 1. The number of hydrogen-bond acceptors (Lipinski definition) is 7. The van der Waals surface area contributed by atoms with Crippen LogP contribution >= 0.6 is 22.9 Å². The first kappa shape index (κ1) is 18.3. The highest BCUT2D eigenvalue weighted by atomic mass is 35.5. The fourth-order valence-corrected chi connectivity index (χ4v) is 3.82. The average molecular weight is 390 g/mol. The summed E-state index contributed by atoms with van der Waals surface area (Å²) in [4.78, 5) is 33.5. The molecule has 0 bridgehead atoms. The molecule has 134 valence electrons. The number of benzene rings is 1. The second-order valence-electron chi connectivity index (χ2n) is 5.51. The van der Waals surface area contributed by atoms with Crippen molar-refractivity contribution in [3.05, 3.63) is 45.4 Å². The Bertz CT molecular complexity index is 1020. The summed E-state index contributed by atoms with van der Waals surface area (Å²) >= 11 is 7.41. The number of halogens is 1. The van der Waals surface area contributed by atoms with Crippen molar-refractivity contribution in [2.45, 2.75) is 20.8 Å². The first-order valence-corrected chi connectivity index (χ1v) is 9.12. The van der Waals surface area contributed by atoms with Gasteiger partial charge >= 0.3 is 5.97 Å². The van der Waals surface area contributed by atoms with E-state index in [0.717, 1.165) is 0 Å². The van der Waals surface area contributed by atoms with E-state index >= 15 is 0 Å². The van der Waals surface area contributed by atoms with E-state index in [2.05, 4.69) is 15.3 Å². The molecule has 0 radical (unpaired) electrons. The van der Waals surface area contributed by atoms with Gasteiger partial charge in [-0.1, -0.05) is 23.7 Å². The minimum atomic E-state index is -0.499. The number of para-hydroxylation sites is 2. The summed E-state index contributed by atoms with van der Waals surface area (Å²) in [5.74, 6) is -0.310. The van der Waals surface area contributed by atoms with Gasteiger partial charge in [-0.15, -0.1) is 11.3 Å². The van der Waals surface area contributed by atoms with Crippen LogP contribution in [0.1, 0.15) is 39.4 Å². The Morgan fingerprint density at radius 2 is 1.88 bits per heavy atom. The largest absolute Gasteiger partial charge is 0.462 e. The van der Waals surface area contributed by atoms with E-state index in [1.54, 1.807) is 13.8 Å². The van der Waals surface area contributed by atoms with Crippen molar-refractivity contribution >= 4 is 56.5 Å². The third-order valence-corrected chi connectivity index (χ3v) is 5.28. The fraction of sp³-hybridized carbons (Fsp3) is 0.222. The van der Waals surface area contributed by atoms with Crippen LogP contribution in [0.15, 0.2) is 24.3 Å². The zero-order chi connectivity index (χ0) is 18.8. The monoisotopic (exact) mass is 389 g/mol. The Morgan fingerprint density at radius 1 is 1.23 bits per heavy atom. The molecule has 0 aliphatic heterocycles. The lowest BCUT2D eigenvalue weighted by Gasteiger charge is -2.09. The quantitative estimate of drug-likeness (QED) is 0.499. The lowest BCUT2D eigenvalue weighted by Crippen LogP contribution is -2.08. The number of rotatable bonds is 5. The van der Waals surface area contributed by atoms with Gasteiger partial charge in [0.05, 0.1) is 28.1 Å². The number of esters is 1. The van der Waals surface area contributed by atoms with Crippen molar-refractivity contribution in [2.75, 3.05) is 11.9 Å². The Labute approximate surface area is 159 Å². The molecule has 2 heterocycles. The number of hydrogen-bond donors (Lipinski definition) is 1. The molecule has 1 N–H and O–H groups in total. The Hall–Kier alpha value is -2.51. The van der Waals surface area contributed by atoms with Crippen molar-refractivity contribution in [1.29, 1.82) is 0 Å². The number of aromatic nitrogens is 2. The van der Waals surface area contributed by atoms with Gasteiger partial charge < -0.3 is 10.1 Å². The third kappa shape index (κ3) is 3.40. The first-order chi connectivity index (χ1) is 12.4. The second kappa shape index (κ2) is 7.39. The van der Waals surface area contributed by atoms with Gasteiger partial charge in [-0.25, -0.2) is 14.8 Å². The van der Waals surface area contributed by atoms with Crippen molar-refractivity contribution in [1.82, 2.24) is 9.97 Å². The standard InChI is InChI=1S/C18H16ClN3O3S/c1-4-25-18(24)13-9(2)14(10(3)23)26-17(13)22-16-15(19)20-11-7-5-6-8-12(11)21-16/h5-8H,4H2,1-3H3,(H,21,22). The van der Waals surface area contributed by atoms with Gasteiger partial charge in [0, 0.05) is 0 Å². The number of Topliss-reactive ketones (excluding diaryl/α,β-unsaturated/α-hetero) is 1. The third-order valence-electron chi connectivity index (χ3n) is 3.71. The number of anilines is 2. The summed E-state index contributed by atoms with van der Waals surface area (Å²) in [6.07, 6.45) is 0. The zero-order valence-corrected chi connectivity index (χ0v) is 16.0. The Kier molecular flexibility index (Phi) is 5.20. The van der Waals surface area contributed by atoms with Crippen molar-refractivity contribution < 1.29 is 14.3 Å². The molecule has 1 aromatic carbocycles. The van der Waals surface area contributed by atoms with E-state index in [1.165, 1.54) is 18.3 Å². The lowest BCUT2D eigenvalue weighted by atomic mass is 10.1. The van der Waals surface area contributed by atoms with Crippen LogP contribution in [-0.2, 0) is 4.74 Å². The van der Waals surface area contributed by atoms with Crippen LogP contribution in [-0.4, -0.2) is 28.3 Å². The minimum absolute atomic E-state index is 0.123. The van der Waals surface area contributed by atoms with E-state index in [4.69, 9.17) is 16.3 Å². The molecule has 0 fully saturated rings. The number of carbonyl (C=O) groups is 2. The summed E-state index contributed by atoms with van der Waals surface area (Å²) in [7, 11) is 0. The maximum absolute atomic E-state index is 12.4. The number of ketones is 1. The molecule has 0 aliphatic carbocycles. The van der Waals surface area contributed by atoms with Crippen molar-refractivity contribution in [3.8, 4) is 0 Å². The molecule has 8 heteroatoms. The van der Waals surface area contributed by atoms with Gasteiger partial charge in [-0.05, 0) is 38.5 Å². The van der Waals surface area contributed by atoms with E-state index in [9.17, 15) is 9.59 Å². The highest BCUT2D eigenvalue weighted by Crippen LogP contribution is 2.37. The fourth-order valence-electron chi connectivity index (χ4n) is 2.55. The zero-order valence-electron chi connectivity index (χ0n) is 14.4. The Morgan fingerprint density at radius 3 is 2.50 bits per heavy atom. The maximum Gasteiger partial charge on any atom is 0.341 e. The van der Waals surface area contributed by atoms with Crippen LogP contribution in [0.25, 0.3) is 11.0 Å². The maximum atomic E-state index is 12.4. The SMILES string of the molecule is CCOC(=O)c1c(Nc2nc3ccccc3nc2Cl)sc(C(C)=O)c1C. The van der Waals surface area contributed by atoms with Gasteiger partial charge in [-0.3, -0.25) is 4.79 Å². The molecule has 0 saturated carbocycles. The van der Waals surface area contributed by atoms with Gasteiger partial charge in [0.25, 0.3) is 0 Å². The molecular formula is C18H16ClN3O3S. The molecule has 6 nitrogen and oxygen atoms in total. The summed E-state index contributed by atoms with van der Waals surface area (Å²) in [5.41, 5.74) is 2.22. The molecule has 26 heavy (non-hydrogen) atoms. The van der Waals surface area contributed by atoms with Crippen LogP contribution in [0.2, 0.25) is 5.15 Å². The van der Waals surface area contributed by atoms with Crippen LogP contribution in [0, 0.1) is 6.92 Å². The Balaban J connectivity index is 2.09. The van der Waals surface area contributed by atoms with Crippen molar-refractivity contribution in [3.63, 3.8) is 0 Å². The predicted octanol–water partition coefficient (Wildman–Crippen LogP) is 4.78. The second-order valence-corrected chi connectivity index (χ2v) is 6.89. The van der Waals surface area contributed by atoms with E-state index < -0.39 is 5.97 Å². The molecule has 0 aliphatic rings. The average Bonchev–Trinajstić information content (AvgIpc) is 2.92. The highest BCUT2D eigenvalue weighted by Gasteiger charge is 2.25. The number of nitrogens with zero attached hydrogens (tertiary/aromatic N) is 2. The molecule has 0 saturated heterocycles. The molecule has 3 aromatic rings. The molecule has 0 atom stereocenters. The highest BCUT2D eigenvalue weighted by molar-refractivity contribution is 7.18. The van der Waals surface area contributed by atoms with Crippen LogP contribution in [0.4, 0.5) is 10.8 Å². The van der Waals surface area contributed by atoms with Crippen LogP contribution in [0.5, 0.6) is 0 Å². The number of thiophene rings is 1. The van der Waals surface area contributed by atoms with Gasteiger partial charge in [0.15, 0.2) is 16.8 Å². The molecule has 3 rings (SSSR count). The summed E-state index contributed by atoms with van der Waals surface area (Å²) in [5, 5.41) is 3.68. The minimum Gasteiger partial charge on any atom is -0.462 e. The molecule has 0 unspecified atom stereocenters. The molecular weight excluding hydrogens is 374 g/mol. The summed E-state index contributed by atoms with van der Waals surface area (Å²) in [6, 6.07) is 7.32. The van der Waals surface area contributed by atoms with Gasteiger partial charge in [0.2, 0.25) is 0 Å². The number of nitrogens with one attached hydrogen (secondary N) is 1. The number of ether oxygens (including phenoxy) is 1. The van der Waals surface area contributed by atoms with Crippen LogP contribution in [0.3, 0.4) is 0 Å². The smallest absolute Gasteiger partial charge is 0.341 e. The van der Waals surface area contributed by atoms with E-state index in [0.29, 0.717) is 37.9 Å². The normalized spacial score (nSPS) is 10.8. The lowest BCUT2D eigenvalue weighted by molar-refractivity contribution is 0.0527. The molecule has 0 amide bonds. The molecule has 2 aromatic heterocycles. The van der Waals surface area contributed by atoms with Gasteiger partial charge in [-0.2, -0.15) is 0 Å². The first-order valence-electron chi connectivity index (χ1n) is 7.93.